The number of carbonyl (C=O) groups excluding carboxylic acids is 2. The molecule has 2 N–H and O–H groups in total. The van der Waals surface area contributed by atoms with Gasteiger partial charge >= 0.3 is 11.8 Å². The molecule has 0 radical (unpaired) electrons. The highest BCUT2D eigenvalue weighted by Crippen LogP contribution is 2.24. The molecule has 0 unspecified atom stereocenters. The van der Waals surface area contributed by atoms with Crippen LogP contribution in [0.4, 0.5) is 5.69 Å². The second kappa shape index (κ2) is 10.4. The van der Waals surface area contributed by atoms with Gasteiger partial charge in [-0.3, -0.25) is 19.0 Å². The first-order valence-electron chi connectivity index (χ1n) is 11.3. The van der Waals surface area contributed by atoms with Gasteiger partial charge in [0, 0.05) is 31.3 Å². The van der Waals surface area contributed by atoms with E-state index in [1.807, 2.05) is 12.1 Å². The molecule has 2 heterocycles. The first kappa shape index (κ1) is 23.3. The maximum atomic E-state index is 13.0. The van der Waals surface area contributed by atoms with E-state index in [0.717, 1.165) is 37.1 Å². The summed E-state index contributed by atoms with van der Waals surface area (Å²) in [7, 11) is 3.14. The number of nitrogens with one attached hydrogen (secondary N) is 2. The van der Waals surface area contributed by atoms with Crippen LogP contribution in [0.15, 0.2) is 41.2 Å². The average Bonchev–Trinajstić information content (AvgIpc) is 3.10. The van der Waals surface area contributed by atoms with Gasteiger partial charge in [-0.2, -0.15) is 0 Å². The molecule has 0 saturated carbocycles. The Hall–Kier alpha value is -3.88. The lowest BCUT2D eigenvalue weighted by molar-refractivity contribution is -0.136. The van der Waals surface area contributed by atoms with Crippen molar-refractivity contribution < 1.29 is 19.1 Å². The number of ether oxygens (including phenoxy) is 2. The molecule has 4 rings (SSSR count). The molecule has 0 fully saturated rings. The zero-order valence-electron chi connectivity index (χ0n) is 19.3. The fraction of sp³-hybridized carbons (Fsp3) is 0.360. The van der Waals surface area contributed by atoms with Gasteiger partial charge in [0.2, 0.25) is 0 Å². The van der Waals surface area contributed by atoms with Crippen molar-refractivity contribution >= 4 is 28.4 Å². The van der Waals surface area contributed by atoms with Crippen molar-refractivity contribution in [2.24, 2.45) is 0 Å². The summed E-state index contributed by atoms with van der Waals surface area (Å²) in [6.07, 6.45) is 4.30. The van der Waals surface area contributed by atoms with E-state index in [9.17, 15) is 14.4 Å². The zero-order valence-corrected chi connectivity index (χ0v) is 19.3. The van der Waals surface area contributed by atoms with Gasteiger partial charge in [-0.1, -0.05) is 12.5 Å². The van der Waals surface area contributed by atoms with Crippen LogP contribution < -0.4 is 25.7 Å². The molecule has 1 aliphatic heterocycles. The third-order valence-electron chi connectivity index (χ3n) is 5.95. The van der Waals surface area contributed by atoms with Gasteiger partial charge < -0.3 is 20.1 Å². The summed E-state index contributed by atoms with van der Waals surface area (Å²) in [6.45, 7) is 0.902. The van der Waals surface area contributed by atoms with Crippen molar-refractivity contribution in [3.63, 3.8) is 0 Å². The summed E-state index contributed by atoms with van der Waals surface area (Å²) in [4.78, 5) is 42.3. The lowest BCUT2D eigenvalue weighted by Gasteiger charge is -2.12. The molecule has 0 spiro atoms. The predicted molar refractivity (Wildman–Crippen MR) is 128 cm³/mol. The summed E-state index contributed by atoms with van der Waals surface area (Å²) < 4.78 is 12.3. The summed E-state index contributed by atoms with van der Waals surface area (Å²) in [5, 5.41) is 5.61. The van der Waals surface area contributed by atoms with Crippen molar-refractivity contribution in [3.05, 3.63) is 58.1 Å². The van der Waals surface area contributed by atoms with E-state index >= 15 is 0 Å². The van der Waals surface area contributed by atoms with Crippen molar-refractivity contribution in [2.75, 3.05) is 26.1 Å². The first-order valence-corrected chi connectivity index (χ1v) is 11.3. The molecule has 1 aliphatic rings. The van der Waals surface area contributed by atoms with Crippen LogP contribution in [0, 0.1) is 0 Å². The van der Waals surface area contributed by atoms with E-state index in [1.54, 1.807) is 43.1 Å². The minimum atomic E-state index is -0.802. The molecular formula is C25H28N4O5. The van der Waals surface area contributed by atoms with Gasteiger partial charge in [0.15, 0.2) is 0 Å². The first-order chi connectivity index (χ1) is 16.5. The van der Waals surface area contributed by atoms with E-state index in [4.69, 9.17) is 9.47 Å². The number of carbonyl (C=O) groups is 2. The van der Waals surface area contributed by atoms with E-state index in [2.05, 4.69) is 15.6 Å². The quantitative estimate of drug-likeness (QED) is 0.542. The zero-order chi connectivity index (χ0) is 24.1. The number of amides is 2. The Labute approximate surface area is 197 Å². The van der Waals surface area contributed by atoms with E-state index < -0.39 is 11.8 Å². The van der Waals surface area contributed by atoms with Crippen LogP contribution in [0.2, 0.25) is 0 Å². The SMILES string of the molecule is COc1ccc(CCNC(=O)C(=O)Nc2ccc3nc4n(c(=O)c3c2)CCCCC4)c(OC)c1. The number of aryl methyl sites for hydroxylation is 1. The molecule has 2 amide bonds. The highest BCUT2D eigenvalue weighted by atomic mass is 16.5. The number of anilines is 1. The topological polar surface area (TPSA) is 112 Å². The minimum absolute atomic E-state index is 0.115. The molecule has 0 bridgehead atoms. The van der Waals surface area contributed by atoms with Crippen LogP contribution in [-0.2, 0) is 29.0 Å². The summed E-state index contributed by atoms with van der Waals surface area (Å²) in [5.41, 5.74) is 1.73. The maximum absolute atomic E-state index is 13.0. The number of aromatic nitrogens is 2. The van der Waals surface area contributed by atoms with Gasteiger partial charge in [-0.15, -0.1) is 0 Å². The molecule has 34 heavy (non-hydrogen) atoms. The molecule has 178 valence electrons. The molecule has 3 aromatic rings. The number of nitrogens with zero attached hydrogens (tertiary/aromatic N) is 2. The van der Waals surface area contributed by atoms with E-state index in [0.29, 0.717) is 41.1 Å². The van der Waals surface area contributed by atoms with Crippen LogP contribution in [0.3, 0.4) is 0 Å². The highest BCUT2D eigenvalue weighted by Gasteiger charge is 2.17. The van der Waals surface area contributed by atoms with Gasteiger partial charge in [-0.05, 0) is 49.1 Å². The fourth-order valence-electron chi connectivity index (χ4n) is 4.13. The normalized spacial score (nSPS) is 13.0. The number of methoxy groups -OCH3 is 2. The Bertz CT molecular complexity index is 1280. The van der Waals surface area contributed by atoms with E-state index in [1.165, 1.54) is 0 Å². The second-order valence-electron chi connectivity index (χ2n) is 8.17. The number of rotatable bonds is 6. The largest absolute Gasteiger partial charge is 0.497 e. The Morgan fingerprint density at radius 2 is 1.88 bits per heavy atom. The average molecular weight is 465 g/mol. The molecule has 0 aliphatic carbocycles. The predicted octanol–water partition coefficient (Wildman–Crippen LogP) is 2.44. The third-order valence-corrected chi connectivity index (χ3v) is 5.95. The van der Waals surface area contributed by atoms with E-state index in [-0.39, 0.29) is 12.1 Å². The Balaban J connectivity index is 1.40. The van der Waals surface area contributed by atoms with Crippen LogP contribution in [0.25, 0.3) is 10.9 Å². The molecule has 9 heteroatoms. The van der Waals surface area contributed by atoms with Gasteiger partial charge in [0.25, 0.3) is 5.56 Å². The Morgan fingerprint density at radius 1 is 1.03 bits per heavy atom. The summed E-state index contributed by atoms with van der Waals surface area (Å²) >= 11 is 0. The van der Waals surface area contributed by atoms with Crippen molar-refractivity contribution in [2.45, 2.75) is 38.6 Å². The van der Waals surface area contributed by atoms with Crippen molar-refractivity contribution in [1.82, 2.24) is 14.9 Å². The fourth-order valence-corrected chi connectivity index (χ4v) is 4.13. The van der Waals surface area contributed by atoms with Crippen molar-refractivity contribution in [1.29, 1.82) is 0 Å². The standard InChI is InChI=1S/C25H28N4O5/c1-33-18-9-7-16(21(15-18)34-2)11-12-26-23(30)24(31)27-17-8-10-20-19(14-17)25(32)29-13-5-3-4-6-22(29)28-20/h7-10,14-15H,3-6,11-13H2,1-2H3,(H,26,30)(H,27,31). The lowest BCUT2D eigenvalue weighted by Crippen LogP contribution is -2.36. The second-order valence-corrected chi connectivity index (χ2v) is 8.17. The van der Waals surface area contributed by atoms with Crippen LogP contribution in [0.5, 0.6) is 11.5 Å². The number of fused-ring (bicyclic) bond motifs is 2. The number of hydrogen-bond acceptors (Lipinski definition) is 6. The summed E-state index contributed by atoms with van der Waals surface area (Å²) in [5.74, 6) is 0.560. The van der Waals surface area contributed by atoms with Gasteiger partial charge in [-0.25, -0.2) is 4.98 Å². The molecular weight excluding hydrogens is 436 g/mol. The minimum Gasteiger partial charge on any atom is -0.497 e. The number of benzene rings is 2. The molecule has 1 aromatic heterocycles. The molecule has 2 aromatic carbocycles. The Kier molecular flexibility index (Phi) is 7.10. The van der Waals surface area contributed by atoms with Gasteiger partial charge in [0.05, 0.1) is 25.1 Å². The molecule has 0 saturated heterocycles. The molecule has 0 atom stereocenters. The smallest absolute Gasteiger partial charge is 0.313 e. The highest BCUT2D eigenvalue weighted by molar-refractivity contribution is 6.39. The Morgan fingerprint density at radius 3 is 2.68 bits per heavy atom. The summed E-state index contributed by atoms with van der Waals surface area (Å²) in [6, 6.07) is 10.4. The number of hydrogen-bond donors (Lipinski definition) is 2. The van der Waals surface area contributed by atoms with Gasteiger partial charge in [0.1, 0.15) is 17.3 Å². The van der Waals surface area contributed by atoms with Crippen LogP contribution >= 0.6 is 0 Å². The maximum Gasteiger partial charge on any atom is 0.313 e. The molecule has 9 nitrogen and oxygen atoms in total. The third kappa shape index (κ3) is 5.03. The monoisotopic (exact) mass is 464 g/mol. The lowest BCUT2D eigenvalue weighted by atomic mass is 10.1. The van der Waals surface area contributed by atoms with Crippen LogP contribution in [0.1, 0.15) is 30.7 Å². The van der Waals surface area contributed by atoms with Crippen LogP contribution in [-0.4, -0.2) is 42.1 Å². The van der Waals surface area contributed by atoms with Crippen molar-refractivity contribution in [3.8, 4) is 11.5 Å².